The van der Waals surface area contributed by atoms with E-state index in [1.54, 1.807) is 24.3 Å². The van der Waals surface area contributed by atoms with E-state index >= 15 is 0 Å². The van der Waals surface area contributed by atoms with E-state index in [9.17, 15) is 13.6 Å². The first kappa shape index (κ1) is 14.8. The lowest BCUT2D eigenvalue weighted by Gasteiger charge is -2.09. The Labute approximate surface area is 120 Å². The lowest BCUT2D eigenvalue weighted by atomic mass is 10.1. The van der Waals surface area contributed by atoms with Gasteiger partial charge in [0.25, 0.3) is 5.91 Å². The number of carbonyl (C=O) groups excluding carboxylic acids is 1. The van der Waals surface area contributed by atoms with Crippen molar-refractivity contribution < 1.29 is 18.3 Å². The average Bonchev–Trinajstić information content (AvgIpc) is 2.43. The zero-order valence-electron chi connectivity index (χ0n) is 11.3. The molecule has 0 heterocycles. The number of nitrogens with two attached hydrogens (primary N) is 1. The van der Waals surface area contributed by atoms with Crippen molar-refractivity contribution in [3.05, 3.63) is 53.6 Å². The van der Waals surface area contributed by atoms with Crippen LogP contribution in [0.5, 0.6) is 5.75 Å². The second-order valence-electron chi connectivity index (χ2n) is 4.27. The van der Waals surface area contributed by atoms with Gasteiger partial charge in [0.05, 0.1) is 17.9 Å². The quantitative estimate of drug-likeness (QED) is 0.851. The third kappa shape index (κ3) is 3.47. The molecular formula is C15H14F2N2O2. The minimum Gasteiger partial charge on any atom is -0.494 e. The summed E-state index contributed by atoms with van der Waals surface area (Å²) in [5.41, 5.74) is 4.85. The SMILES string of the molecule is CCOc1cccc(NC(=O)c2cc(F)cc(N)c2F)c1. The molecule has 2 rings (SSSR count). The van der Waals surface area contributed by atoms with E-state index in [1.165, 1.54) is 0 Å². The normalized spacial score (nSPS) is 10.2. The molecule has 3 N–H and O–H groups in total. The van der Waals surface area contributed by atoms with Crippen molar-refractivity contribution in [1.29, 1.82) is 0 Å². The number of amides is 1. The topological polar surface area (TPSA) is 64.3 Å². The Bertz CT molecular complexity index is 675. The monoisotopic (exact) mass is 292 g/mol. The van der Waals surface area contributed by atoms with E-state index in [1.807, 2.05) is 6.92 Å². The van der Waals surface area contributed by atoms with Gasteiger partial charge in [-0.05, 0) is 31.2 Å². The van der Waals surface area contributed by atoms with Gasteiger partial charge in [0, 0.05) is 11.8 Å². The van der Waals surface area contributed by atoms with Gasteiger partial charge in [-0.1, -0.05) is 6.07 Å². The number of anilines is 2. The number of hydrogen-bond acceptors (Lipinski definition) is 3. The lowest BCUT2D eigenvalue weighted by Crippen LogP contribution is -2.15. The van der Waals surface area contributed by atoms with Crippen LogP contribution in [0.3, 0.4) is 0 Å². The van der Waals surface area contributed by atoms with Crippen LogP contribution in [0.15, 0.2) is 36.4 Å². The molecule has 2 aromatic carbocycles. The van der Waals surface area contributed by atoms with Crippen molar-refractivity contribution in [1.82, 2.24) is 0 Å². The van der Waals surface area contributed by atoms with Crippen molar-refractivity contribution in [3.8, 4) is 5.75 Å². The molecule has 2 aromatic rings. The number of nitrogen functional groups attached to an aromatic ring is 1. The molecule has 0 aromatic heterocycles. The minimum atomic E-state index is -0.949. The maximum absolute atomic E-state index is 13.8. The number of ether oxygens (including phenoxy) is 1. The molecule has 0 atom stereocenters. The highest BCUT2D eigenvalue weighted by Gasteiger charge is 2.16. The summed E-state index contributed by atoms with van der Waals surface area (Å²) in [6.07, 6.45) is 0. The van der Waals surface area contributed by atoms with Gasteiger partial charge in [-0.25, -0.2) is 8.78 Å². The summed E-state index contributed by atoms with van der Waals surface area (Å²) in [6, 6.07) is 8.22. The van der Waals surface area contributed by atoms with Crippen molar-refractivity contribution in [2.24, 2.45) is 0 Å². The van der Waals surface area contributed by atoms with E-state index < -0.39 is 28.8 Å². The van der Waals surface area contributed by atoms with Crippen molar-refractivity contribution in [2.45, 2.75) is 6.92 Å². The zero-order chi connectivity index (χ0) is 15.4. The van der Waals surface area contributed by atoms with E-state index in [4.69, 9.17) is 10.5 Å². The smallest absolute Gasteiger partial charge is 0.258 e. The number of hydrogen-bond donors (Lipinski definition) is 2. The Kier molecular flexibility index (Phi) is 4.37. The molecule has 110 valence electrons. The molecule has 0 bridgehead atoms. The largest absolute Gasteiger partial charge is 0.494 e. The van der Waals surface area contributed by atoms with E-state index in [0.29, 0.717) is 18.0 Å². The number of nitrogens with one attached hydrogen (secondary N) is 1. The highest BCUT2D eigenvalue weighted by molar-refractivity contribution is 6.05. The fraction of sp³-hybridized carbons (Fsp3) is 0.133. The molecule has 0 fully saturated rings. The first-order valence-electron chi connectivity index (χ1n) is 6.30. The second-order valence-corrected chi connectivity index (χ2v) is 4.27. The summed E-state index contributed by atoms with van der Waals surface area (Å²) in [5, 5.41) is 2.47. The third-order valence-corrected chi connectivity index (χ3v) is 2.71. The molecule has 4 nitrogen and oxygen atoms in total. The Balaban J connectivity index is 2.24. The molecule has 0 saturated heterocycles. The Morgan fingerprint density at radius 1 is 1.29 bits per heavy atom. The summed E-state index contributed by atoms with van der Waals surface area (Å²) >= 11 is 0. The fourth-order valence-electron chi connectivity index (χ4n) is 1.80. The lowest BCUT2D eigenvalue weighted by molar-refractivity contribution is 0.102. The average molecular weight is 292 g/mol. The molecule has 0 aliphatic rings. The first-order valence-corrected chi connectivity index (χ1v) is 6.30. The van der Waals surface area contributed by atoms with Crippen molar-refractivity contribution in [3.63, 3.8) is 0 Å². The van der Waals surface area contributed by atoms with Gasteiger partial charge in [0.15, 0.2) is 5.82 Å². The van der Waals surface area contributed by atoms with Crippen LogP contribution in [0, 0.1) is 11.6 Å². The van der Waals surface area contributed by atoms with Gasteiger partial charge in [-0.3, -0.25) is 4.79 Å². The molecule has 0 saturated carbocycles. The summed E-state index contributed by atoms with van der Waals surface area (Å²) < 4.78 is 32.3. The highest BCUT2D eigenvalue weighted by Crippen LogP contribution is 2.21. The van der Waals surface area contributed by atoms with Crippen molar-refractivity contribution >= 4 is 17.3 Å². The highest BCUT2D eigenvalue weighted by atomic mass is 19.1. The standard InChI is InChI=1S/C15H14F2N2O2/c1-2-21-11-5-3-4-10(8-11)19-15(20)12-6-9(16)7-13(18)14(12)17/h3-8H,2,18H2,1H3,(H,19,20). The van der Waals surface area contributed by atoms with Crippen LogP contribution in [0.25, 0.3) is 0 Å². The van der Waals surface area contributed by atoms with E-state index in [-0.39, 0.29) is 0 Å². The van der Waals surface area contributed by atoms with Gasteiger partial charge in [0.2, 0.25) is 0 Å². The Hall–Kier alpha value is -2.63. The van der Waals surface area contributed by atoms with Crippen LogP contribution < -0.4 is 15.8 Å². The molecule has 6 heteroatoms. The van der Waals surface area contributed by atoms with Crippen LogP contribution in [0.1, 0.15) is 17.3 Å². The number of benzene rings is 2. The van der Waals surface area contributed by atoms with Gasteiger partial charge >= 0.3 is 0 Å². The summed E-state index contributed by atoms with van der Waals surface area (Å²) in [4.78, 5) is 12.0. The summed E-state index contributed by atoms with van der Waals surface area (Å²) in [7, 11) is 0. The van der Waals surface area contributed by atoms with Crippen LogP contribution in [0.2, 0.25) is 0 Å². The number of rotatable bonds is 4. The third-order valence-electron chi connectivity index (χ3n) is 2.71. The van der Waals surface area contributed by atoms with Crippen LogP contribution in [0.4, 0.5) is 20.2 Å². The van der Waals surface area contributed by atoms with Crippen molar-refractivity contribution in [2.75, 3.05) is 17.7 Å². The molecular weight excluding hydrogens is 278 g/mol. The van der Waals surface area contributed by atoms with Gasteiger partial charge in [-0.2, -0.15) is 0 Å². The second kappa shape index (κ2) is 6.21. The van der Waals surface area contributed by atoms with Crippen LogP contribution in [-0.2, 0) is 0 Å². The summed E-state index contributed by atoms with van der Waals surface area (Å²) in [6.45, 7) is 2.31. The maximum atomic E-state index is 13.8. The first-order chi connectivity index (χ1) is 10.0. The molecule has 0 aliphatic heterocycles. The van der Waals surface area contributed by atoms with Gasteiger partial charge < -0.3 is 15.8 Å². The van der Waals surface area contributed by atoms with Crippen LogP contribution in [-0.4, -0.2) is 12.5 Å². The van der Waals surface area contributed by atoms with Crippen LogP contribution >= 0.6 is 0 Å². The maximum Gasteiger partial charge on any atom is 0.258 e. The molecule has 0 radical (unpaired) electrons. The molecule has 0 unspecified atom stereocenters. The molecule has 21 heavy (non-hydrogen) atoms. The molecule has 1 amide bonds. The predicted molar refractivity (Wildman–Crippen MR) is 76.3 cm³/mol. The molecule has 0 spiro atoms. The zero-order valence-corrected chi connectivity index (χ0v) is 11.3. The Morgan fingerprint density at radius 3 is 2.76 bits per heavy atom. The fourth-order valence-corrected chi connectivity index (χ4v) is 1.80. The molecule has 0 aliphatic carbocycles. The van der Waals surface area contributed by atoms with E-state index in [0.717, 1.165) is 12.1 Å². The van der Waals surface area contributed by atoms with Gasteiger partial charge in [0.1, 0.15) is 11.6 Å². The minimum absolute atomic E-state index is 0.410. The van der Waals surface area contributed by atoms with Gasteiger partial charge in [-0.15, -0.1) is 0 Å². The predicted octanol–water partition coefficient (Wildman–Crippen LogP) is 3.20. The summed E-state index contributed by atoms with van der Waals surface area (Å²) in [5.74, 6) is -1.95. The number of halogens is 2. The number of carbonyl (C=O) groups is 1. The van der Waals surface area contributed by atoms with E-state index in [2.05, 4.69) is 5.32 Å². The Morgan fingerprint density at radius 2 is 2.05 bits per heavy atom.